The zero-order valence-electron chi connectivity index (χ0n) is 12.0. The highest BCUT2D eigenvalue weighted by Crippen LogP contribution is 2.00. The van der Waals surface area contributed by atoms with Crippen molar-refractivity contribution in [3.8, 4) is 0 Å². The van der Waals surface area contributed by atoms with Gasteiger partial charge in [0, 0.05) is 13.1 Å². The van der Waals surface area contributed by atoms with Crippen molar-refractivity contribution in [2.75, 3.05) is 26.2 Å². The van der Waals surface area contributed by atoms with Crippen molar-refractivity contribution in [3.63, 3.8) is 0 Å². The summed E-state index contributed by atoms with van der Waals surface area (Å²) < 4.78 is 0.636. The predicted octanol–water partition coefficient (Wildman–Crippen LogP) is 2.31. The van der Waals surface area contributed by atoms with Crippen LogP contribution in [0.1, 0.15) is 53.4 Å². The van der Waals surface area contributed by atoms with Crippen LogP contribution in [0.5, 0.6) is 0 Å². The van der Waals surface area contributed by atoms with Crippen molar-refractivity contribution in [3.05, 3.63) is 0 Å². The van der Waals surface area contributed by atoms with Gasteiger partial charge in [-0.15, -0.1) is 0 Å². The van der Waals surface area contributed by atoms with Gasteiger partial charge in [-0.2, -0.15) is 0 Å². The third-order valence-electron chi connectivity index (χ3n) is 2.40. The number of rotatable bonds is 8. The number of quaternary nitrogens is 1. The Morgan fingerprint density at radius 1 is 1.00 bits per heavy atom. The second-order valence-electron chi connectivity index (χ2n) is 4.07. The molecule has 0 amide bonds. The molecule has 0 aliphatic heterocycles. The molecule has 0 fully saturated rings. The lowest BCUT2D eigenvalue weighted by Crippen LogP contribution is -2.82. The summed E-state index contributed by atoms with van der Waals surface area (Å²) in [5.41, 5.74) is 0. The Labute approximate surface area is 119 Å². The van der Waals surface area contributed by atoms with Gasteiger partial charge in [-0.05, 0) is 26.7 Å². The molecular formula is C13H30N2S2. The summed E-state index contributed by atoms with van der Waals surface area (Å²) in [6.07, 6.45) is 4.81. The maximum absolute atomic E-state index is 4.98. The maximum Gasteiger partial charge on any atom is 0.0726 e. The average Bonchev–Trinajstić information content (AvgIpc) is 2.30. The number of hydrogen-bond donors (Lipinski definition) is 1. The fraction of sp³-hybridized carbons (Fsp3) is 0.923. The van der Waals surface area contributed by atoms with Crippen molar-refractivity contribution in [2.24, 2.45) is 0 Å². The number of nitrogens with zero attached hydrogens (tertiary/aromatic N) is 1. The first-order valence-corrected chi connectivity index (χ1v) is 7.73. The van der Waals surface area contributed by atoms with Crippen LogP contribution < -0.4 is 5.32 Å². The Balaban J connectivity index is 0. The monoisotopic (exact) mass is 278 g/mol. The number of hydrogen-bond acceptors (Lipinski definition) is 2. The van der Waals surface area contributed by atoms with Crippen molar-refractivity contribution >= 4 is 29.2 Å². The third-order valence-corrected chi connectivity index (χ3v) is 2.92. The topological polar surface area (TPSA) is 19.9 Å². The molecule has 104 valence electrons. The Kier molecular flexibility index (Phi) is 18.3. The molecule has 4 heteroatoms. The Hall–Kier alpha value is 0.0700. The highest BCUT2D eigenvalue weighted by molar-refractivity contribution is 8.00. The van der Waals surface area contributed by atoms with Gasteiger partial charge in [0.1, 0.15) is 0 Å². The van der Waals surface area contributed by atoms with Crippen LogP contribution in [-0.4, -0.2) is 35.4 Å². The first-order valence-electron chi connectivity index (χ1n) is 6.91. The molecule has 0 radical (unpaired) electrons. The number of thiocarbonyl (C=S) groups is 1. The van der Waals surface area contributed by atoms with Crippen LogP contribution >= 0.6 is 12.2 Å². The molecule has 2 N–H and O–H groups in total. The van der Waals surface area contributed by atoms with Crippen LogP contribution in [0.3, 0.4) is 0 Å². The van der Waals surface area contributed by atoms with Crippen molar-refractivity contribution < 1.29 is 5.32 Å². The molecule has 0 heterocycles. The van der Waals surface area contributed by atoms with E-state index < -0.39 is 0 Å². The molecule has 0 aliphatic rings. The number of nitrogens with two attached hydrogens (primary N) is 1. The molecule has 0 atom stereocenters. The molecule has 0 aromatic rings. The van der Waals surface area contributed by atoms with Crippen LogP contribution in [0.25, 0.3) is 0 Å². The summed E-state index contributed by atoms with van der Waals surface area (Å²) in [5.74, 6) is 0. The highest BCUT2D eigenvalue weighted by atomic mass is 32.1. The fourth-order valence-electron chi connectivity index (χ4n) is 1.28. The van der Waals surface area contributed by atoms with Gasteiger partial charge in [-0.3, -0.25) is 0 Å². The lowest BCUT2D eigenvalue weighted by atomic mass is 10.3. The molecule has 0 rings (SSSR count). The maximum atomic E-state index is 4.98. The van der Waals surface area contributed by atoms with E-state index in [4.69, 9.17) is 24.8 Å². The quantitative estimate of drug-likeness (QED) is 0.543. The van der Waals surface area contributed by atoms with Gasteiger partial charge >= 0.3 is 0 Å². The van der Waals surface area contributed by atoms with E-state index in [9.17, 15) is 0 Å². The molecule has 2 nitrogen and oxygen atoms in total. The van der Waals surface area contributed by atoms with Crippen molar-refractivity contribution in [2.45, 2.75) is 53.4 Å². The van der Waals surface area contributed by atoms with E-state index in [1.807, 2.05) is 0 Å². The van der Waals surface area contributed by atoms with E-state index in [1.54, 1.807) is 0 Å². The zero-order valence-corrected chi connectivity index (χ0v) is 13.6. The summed E-state index contributed by atoms with van der Waals surface area (Å²) in [6, 6.07) is 0. The smallest absolute Gasteiger partial charge is 0.0726 e. The molecule has 0 saturated carbocycles. The molecule has 17 heavy (non-hydrogen) atoms. The fourth-order valence-corrected chi connectivity index (χ4v) is 1.65. The van der Waals surface area contributed by atoms with Gasteiger partial charge in [0.25, 0.3) is 0 Å². The third kappa shape index (κ3) is 16.1. The van der Waals surface area contributed by atoms with Gasteiger partial charge in [0.15, 0.2) is 0 Å². The van der Waals surface area contributed by atoms with Crippen molar-refractivity contribution in [1.29, 1.82) is 0 Å². The minimum absolute atomic E-state index is 0.636. The van der Waals surface area contributed by atoms with Gasteiger partial charge in [-0.25, -0.2) is 0 Å². The average molecular weight is 279 g/mol. The predicted molar refractivity (Wildman–Crippen MR) is 84.4 cm³/mol. The lowest BCUT2D eigenvalue weighted by molar-refractivity contribution is -0.648. The first-order chi connectivity index (χ1) is 8.13. The van der Waals surface area contributed by atoms with Crippen LogP contribution in [0.2, 0.25) is 0 Å². The molecule has 0 unspecified atom stereocenters. The van der Waals surface area contributed by atoms with Crippen LogP contribution in [-0.2, 0) is 12.6 Å². The Morgan fingerprint density at radius 3 is 1.59 bits per heavy atom. The second kappa shape index (κ2) is 16.1. The minimum atomic E-state index is 0.636. The van der Waals surface area contributed by atoms with E-state index in [1.165, 1.54) is 38.8 Å². The van der Waals surface area contributed by atoms with Crippen LogP contribution in [0.4, 0.5) is 0 Å². The summed E-state index contributed by atoms with van der Waals surface area (Å²) in [6.45, 7) is 13.2. The van der Waals surface area contributed by atoms with Gasteiger partial charge in [0.05, 0.1) is 13.1 Å². The van der Waals surface area contributed by atoms with Crippen molar-refractivity contribution in [1.82, 2.24) is 4.90 Å². The SMILES string of the molecule is CCCCN(CCCC)C(=S)[S-].CC[NH2+]CC. The summed E-state index contributed by atoms with van der Waals surface area (Å²) in [5, 5.41) is 2.25. The highest BCUT2D eigenvalue weighted by Gasteiger charge is 1.98. The standard InChI is InChI=1S/C9H19NS2.C4H11N/c1-3-5-7-10(9(11)12)8-6-4-2;1-3-5-4-2/h3-8H2,1-2H3,(H,11,12);5H,3-4H2,1-2H3. The van der Waals surface area contributed by atoms with Gasteiger partial charge in [-0.1, -0.05) is 31.0 Å². The summed E-state index contributed by atoms with van der Waals surface area (Å²) >= 11 is 9.97. The molecule has 0 aromatic heterocycles. The van der Waals surface area contributed by atoms with E-state index in [2.05, 4.69) is 37.9 Å². The van der Waals surface area contributed by atoms with Crippen LogP contribution in [0.15, 0.2) is 0 Å². The summed E-state index contributed by atoms with van der Waals surface area (Å²) in [4.78, 5) is 2.14. The largest absolute Gasteiger partial charge is 0.411 e. The normalized spacial score (nSPS) is 9.41. The number of unbranched alkanes of at least 4 members (excludes halogenated alkanes) is 2. The second-order valence-corrected chi connectivity index (χ2v) is 5.10. The van der Waals surface area contributed by atoms with E-state index >= 15 is 0 Å². The first kappa shape index (κ1) is 19.4. The Morgan fingerprint density at radius 2 is 1.41 bits per heavy atom. The lowest BCUT2D eigenvalue weighted by Gasteiger charge is -2.28. The van der Waals surface area contributed by atoms with Crippen LogP contribution in [0, 0.1) is 0 Å². The minimum Gasteiger partial charge on any atom is -0.411 e. The zero-order chi connectivity index (χ0) is 13.5. The Bertz CT molecular complexity index is 153. The van der Waals surface area contributed by atoms with Gasteiger partial charge in [0.2, 0.25) is 0 Å². The molecule has 0 aliphatic carbocycles. The summed E-state index contributed by atoms with van der Waals surface area (Å²) in [7, 11) is 0. The molecule has 0 spiro atoms. The van der Waals surface area contributed by atoms with E-state index in [-0.39, 0.29) is 0 Å². The van der Waals surface area contributed by atoms with E-state index in [0.717, 1.165) is 13.1 Å². The molecule has 0 saturated heterocycles. The molecule has 0 aromatic carbocycles. The van der Waals surface area contributed by atoms with E-state index in [0.29, 0.717) is 4.32 Å². The molecular weight excluding hydrogens is 248 g/mol. The molecule has 0 bridgehead atoms. The van der Waals surface area contributed by atoms with Gasteiger partial charge < -0.3 is 35.1 Å².